The van der Waals surface area contributed by atoms with Crippen LogP contribution in [0, 0.1) is 0 Å². The predicted molar refractivity (Wildman–Crippen MR) is 116 cm³/mol. The van der Waals surface area contributed by atoms with Crippen molar-refractivity contribution < 1.29 is 13.9 Å². The number of allylic oxidation sites excluding steroid dienone is 1. The van der Waals surface area contributed by atoms with E-state index in [2.05, 4.69) is 48.4 Å². The standard InChI is InChI=1S/C22H27N7O3/c1-27-10-16(3-4-20(27)31-2)28-8-6-18-17(11-28)21(24-13-23-18)26-15-5-7-29(9-15)22(30)19-12-32-14-25-19/h3-4,10,12-15,20H,5-9,11H2,1-2H3,(H,23,24,26)/t15?,20-/m0/s1. The molecule has 32 heavy (non-hydrogen) atoms. The van der Waals surface area contributed by atoms with Crippen LogP contribution in [0.3, 0.4) is 0 Å². The normalized spacial score (nSPS) is 22.7. The number of aromatic nitrogens is 3. The van der Waals surface area contributed by atoms with Crippen molar-refractivity contribution in [2.24, 2.45) is 0 Å². The number of methoxy groups -OCH3 is 1. The quantitative estimate of drug-likeness (QED) is 0.745. The average molecular weight is 438 g/mol. The molecule has 10 nitrogen and oxygen atoms in total. The number of carbonyl (C=O) groups is 1. The molecule has 1 unspecified atom stereocenters. The molecule has 2 aromatic rings. The molecule has 0 bridgehead atoms. The van der Waals surface area contributed by atoms with Gasteiger partial charge in [-0.3, -0.25) is 4.79 Å². The SMILES string of the molecule is CO[C@H]1C=CC(N2CCc3ncnc(NC4CCN(C(=O)c5cocn5)C4)c3C2)=CN1C. The topological polar surface area (TPSA) is 99.9 Å². The first-order valence-corrected chi connectivity index (χ1v) is 10.8. The van der Waals surface area contributed by atoms with Crippen LogP contribution in [0.4, 0.5) is 5.82 Å². The zero-order chi connectivity index (χ0) is 22.1. The van der Waals surface area contributed by atoms with Gasteiger partial charge in [-0.25, -0.2) is 15.0 Å². The molecule has 0 saturated carbocycles. The van der Waals surface area contributed by atoms with E-state index < -0.39 is 0 Å². The maximum absolute atomic E-state index is 12.5. The van der Waals surface area contributed by atoms with E-state index >= 15 is 0 Å². The summed E-state index contributed by atoms with van der Waals surface area (Å²) in [6, 6.07) is 0.127. The van der Waals surface area contributed by atoms with E-state index in [-0.39, 0.29) is 18.2 Å². The van der Waals surface area contributed by atoms with Gasteiger partial charge in [-0.2, -0.15) is 0 Å². The zero-order valence-corrected chi connectivity index (χ0v) is 18.3. The molecule has 1 N–H and O–H groups in total. The molecule has 2 atom stereocenters. The van der Waals surface area contributed by atoms with Crippen LogP contribution in [0.5, 0.6) is 0 Å². The van der Waals surface area contributed by atoms with Gasteiger partial charge in [0.25, 0.3) is 5.91 Å². The smallest absolute Gasteiger partial charge is 0.275 e. The monoisotopic (exact) mass is 437 g/mol. The highest BCUT2D eigenvalue weighted by Gasteiger charge is 2.30. The lowest BCUT2D eigenvalue weighted by Crippen LogP contribution is -2.36. The highest BCUT2D eigenvalue weighted by molar-refractivity contribution is 5.92. The van der Waals surface area contributed by atoms with E-state index in [4.69, 9.17) is 9.15 Å². The Bertz CT molecular complexity index is 1040. The van der Waals surface area contributed by atoms with Crippen LogP contribution in [-0.2, 0) is 17.7 Å². The first kappa shape index (κ1) is 20.5. The molecule has 0 aromatic carbocycles. The number of likely N-dealkylation sites (tertiary alicyclic amines) is 1. The van der Waals surface area contributed by atoms with Gasteiger partial charge in [-0.15, -0.1) is 0 Å². The Kier molecular flexibility index (Phi) is 5.52. The molecule has 1 saturated heterocycles. The van der Waals surface area contributed by atoms with Crippen LogP contribution in [0.25, 0.3) is 0 Å². The fourth-order valence-electron chi connectivity index (χ4n) is 4.50. The number of nitrogens with zero attached hydrogens (tertiary/aromatic N) is 6. The third-order valence-corrected chi connectivity index (χ3v) is 6.25. The highest BCUT2D eigenvalue weighted by atomic mass is 16.5. The van der Waals surface area contributed by atoms with Gasteiger partial charge >= 0.3 is 0 Å². The number of amides is 1. The number of fused-ring (bicyclic) bond motifs is 1. The number of likely N-dealkylation sites (N-methyl/N-ethyl adjacent to an activating group) is 1. The van der Waals surface area contributed by atoms with Gasteiger partial charge in [0.05, 0.1) is 11.4 Å². The van der Waals surface area contributed by atoms with Crippen LogP contribution < -0.4 is 5.32 Å². The van der Waals surface area contributed by atoms with Crippen molar-refractivity contribution >= 4 is 11.7 Å². The van der Waals surface area contributed by atoms with Crippen molar-refractivity contribution in [3.8, 4) is 0 Å². The Labute approximate surface area is 186 Å². The third kappa shape index (κ3) is 3.93. The van der Waals surface area contributed by atoms with E-state index in [1.165, 1.54) is 12.7 Å². The number of hydrogen-bond donors (Lipinski definition) is 1. The number of ether oxygens (including phenoxy) is 1. The second-order valence-corrected chi connectivity index (χ2v) is 8.28. The molecular weight excluding hydrogens is 410 g/mol. The summed E-state index contributed by atoms with van der Waals surface area (Å²) in [5, 5.41) is 3.56. The van der Waals surface area contributed by atoms with E-state index in [9.17, 15) is 4.79 Å². The van der Waals surface area contributed by atoms with Gasteiger partial charge in [-0.1, -0.05) is 0 Å². The van der Waals surface area contributed by atoms with Crippen LogP contribution >= 0.6 is 0 Å². The molecule has 1 fully saturated rings. The molecule has 5 heterocycles. The van der Waals surface area contributed by atoms with Crippen molar-refractivity contribution in [2.45, 2.75) is 31.7 Å². The highest BCUT2D eigenvalue weighted by Crippen LogP contribution is 2.28. The summed E-state index contributed by atoms with van der Waals surface area (Å²) in [4.78, 5) is 31.8. The Morgan fingerprint density at radius 2 is 2.19 bits per heavy atom. The molecule has 0 aliphatic carbocycles. The van der Waals surface area contributed by atoms with Gasteiger partial charge in [0.1, 0.15) is 24.6 Å². The summed E-state index contributed by atoms with van der Waals surface area (Å²) in [5.41, 5.74) is 3.68. The third-order valence-electron chi connectivity index (χ3n) is 6.25. The molecule has 5 rings (SSSR count). The zero-order valence-electron chi connectivity index (χ0n) is 18.3. The first-order chi connectivity index (χ1) is 15.6. The Morgan fingerprint density at radius 1 is 1.28 bits per heavy atom. The van der Waals surface area contributed by atoms with Crippen LogP contribution in [0.1, 0.15) is 28.2 Å². The lowest BCUT2D eigenvalue weighted by atomic mass is 10.0. The van der Waals surface area contributed by atoms with Crippen molar-refractivity contribution in [3.63, 3.8) is 0 Å². The lowest BCUT2D eigenvalue weighted by molar-refractivity contribution is 0.0421. The van der Waals surface area contributed by atoms with Gasteiger partial charge in [0.2, 0.25) is 0 Å². The summed E-state index contributed by atoms with van der Waals surface area (Å²) in [6.07, 6.45) is 12.2. The number of rotatable bonds is 5. The second-order valence-electron chi connectivity index (χ2n) is 8.28. The minimum atomic E-state index is -0.103. The lowest BCUT2D eigenvalue weighted by Gasteiger charge is -2.35. The number of nitrogens with one attached hydrogen (secondary N) is 1. The maximum atomic E-state index is 12.5. The molecule has 168 valence electrons. The molecule has 0 spiro atoms. The molecule has 3 aliphatic heterocycles. The summed E-state index contributed by atoms with van der Waals surface area (Å²) in [5.74, 6) is 0.748. The number of oxazole rings is 1. The fourth-order valence-corrected chi connectivity index (χ4v) is 4.50. The first-order valence-electron chi connectivity index (χ1n) is 10.8. The molecule has 0 radical (unpaired) electrons. The number of hydrogen-bond acceptors (Lipinski definition) is 9. The fraction of sp³-hybridized carbons (Fsp3) is 0.455. The number of carbonyl (C=O) groups excluding carboxylic acids is 1. The van der Waals surface area contributed by atoms with Gasteiger partial charge in [-0.05, 0) is 18.6 Å². The minimum Gasteiger partial charge on any atom is -0.451 e. The Balaban J connectivity index is 1.28. The Hall–Kier alpha value is -3.40. The molecule has 10 heteroatoms. The molecule has 2 aromatic heterocycles. The molecule has 3 aliphatic rings. The summed E-state index contributed by atoms with van der Waals surface area (Å²) >= 11 is 0. The minimum absolute atomic E-state index is 0.0401. The van der Waals surface area contributed by atoms with Gasteiger partial charge in [0, 0.05) is 64.6 Å². The van der Waals surface area contributed by atoms with E-state index in [0.29, 0.717) is 18.8 Å². The summed E-state index contributed by atoms with van der Waals surface area (Å²) < 4.78 is 10.4. The van der Waals surface area contributed by atoms with Gasteiger partial charge in [0.15, 0.2) is 12.1 Å². The Morgan fingerprint density at radius 3 is 2.97 bits per heavy atom. The predicted octanol–water partition coefficient (Wildman–Crippen LogP) is 1.46. The van der Waals surface area contributed by atoms with Crippen molar-refractivity contribution in [1.82, 2.24) is 29.7 Å². The summed E-state index contributed by atoms with van der Waals surface area (Å²) in [6.45, 7) is 2.90. The molecule has 1 amide bonds. The maximum Gasteiger partial charge on any atom is 0.275 e. The summed E-state index contributed by atoms with van der Waals surface area (Å²) in [7, 11) is 3.72. The van der Waals surface area contributed by atoms with E-state index in [1.807, 2.05) is 7.05 Å². The average Bonchev–Trinajstić information content (AvgIpc) is 3.51. The van der Waals surface area contributed by atoms with Crippen LogP contribution in [0.2, 0.25) is 0 Å². The van der Waals surface area contributed by atoms with E-state index in [1.54, 1.807) is 18.3 Å². The van der Waals surface area contributed by atoms with Crippen LogP contribution in [0.15, 0.2) is 47.5 Å². The van der Waals surface area contributed by atoms with Crippen molar-refractivity contribution in [3.05, 3.63) is 60.0 Å². The van der Waals surface area contributed by atoms with Crippen molar-refractivity contribution in [1.29, 1.82) is 0 Å². The van der Waals surface area contributed by atoms with Gasteiger partial charge < -0.3 is 29.2 Å². The number of anilines is 1. The van der Waals surface area contributed by atoms with E-state index in [0.717, 1.165) is 48.7 Å². The second kappa shape index (κ2) is 8.62. The van der Waals surface area contributed by atoms with Crippen molar-refractivity contribution in [2.75, 3.05) is 39.1 Å². The van der Waals surface area contributed by atoms with Crippen LogP contribution in [-0.4, -0.2) is 81.6 Å². The molecular formula is C22H27N7O3. The largest absolute Gasteiger partial charge is 0.451 e.